The van der Waals surface area contributed by atoms with Gasteiger partial charge in [-0.15, -0.1) is 0 Å². The zero-order valence-corrected chi connectivity index (χ0v) is 15.8. The maximum Gasteiger partial charge on any atom is 0.255 e. The number of hydrogen-bond acceptors (Lipinski definition) is 3. The first-order valence-electron chi connectivity index (χ1n) is 8.99. The normalized spacial score (nSPS) is 14.1. The van der Waals surface area contributed by atoms with Crippen molar-refractivity contribution in [3.05, 3.63) is 97.7 Å². The molecule has 1 N–H and O–H groups in total. The fourth-order valence-corrected chi connectivity index (χ4v) is 3.63. The second-order valence-electron chi connectivity index (χ2n) is 6.98. The molecule has 7 heteroatoms. The molecule has 1 aromatic heterocycles. The maximum absolute atomic E-state index is 13.4. The van der Waals surface area contributed by atoms with Crippen molar-refractivity contribution in [1.29, 1.82) is 0 Å². The largest absolute Gasteiger partial charge is 0.310 e. The Morgan fingerprint density at radius 2 is 1.79 bits per heavy atom. The van der Waals surface area contributed by atoms with E-state index in [1.54, 1.807) is 12.1 Å². The Balaban J connectivity index is 1.51. The number of nitrogens with one attached hydrogen (secondary N) is 1. The van der Waals surface area contributed by atoms with E-state index in [9.17, 15) is 13.6 Å². The van der Waals surface area contributed by atoms with E-state index in [0.717, 1.165) is 17.3 Å². The minimum Gasteiger partial charge on any atom is -0.310 e. The molecule has 0 unspecified atom stereocenters. The van der Waals surface area contributed by atoms with Crippen molar-refractivity contribution in [2.45, 2.75) is 25.9 Å². The second-order valence-corrected chi connectivity index (χ2v) is 7.42. The topological polar surface area (TPSA) is 49.0 Å². The van der Waals surface area contributed by atoms with Crippen LogP contribution in [0.1, 0.15) is 28.2 Å². The summed E-state index contributed by atoms with van der Waals surface area (Å²) >= 11 is 5.90. The Labute approximate surface area is 165 Å². The summed E-state index contributed by atoms with van der Waals surface area (Å²) in [6.07, 6.45) is 1.14. The highest BCUT2D eigenvalue weighted by Gasteiger charge is 2.21. The number of halogens is 3. The Morgan fingerprint density at radius 3 is 2.50 bits per heavy atom. The molecule has 0 spiro atoms. The minimum absolute atomic E-state index is 0.163. The molecule has 0 atom stereocenters. The zero-order chi connectivity index (χ0) is 19.7. The first-order chi connectivity index (χ1) is 13.5. The van der Waals surface area contributed by atoms with Gasteiger partial charge in [-0.1, -0.05) is 23.7 Å². The van der Waals surface area contributed by atoms with Crippen molar-refractivity contribution >= 4 is 11.6 Å². The van der Waals surface area contributed by atoms with Gasteiger partial charge in [-0.3, -0.25) is 9.69 Å². The maximum atomic E-state index is 13.4. The van der Waals surface area contributed by atoms with Gasteiger partial charge in [0.25, 0.3) is 5.56 Å². The zero-order valence-electron chi connectivity index (χ0n) is 15.0. The number of hydrogen-bond donors (Lipinski definition) is 1. The van der Waals surface area contributed by atoms with Crippen LogP contribution < -0.4 is 5.56 Å². The van der Waals surface area contributed by atoms with Crippen LogP contribution in [0.3, 0.4) is 0 Å². The van der Waals surface area contributed by atoms with Crippen LogP contribution in [0, 0.1) is 11.6 Å². The van der Waals surface area contributed by atoms with Crippen molar-refractivity contribution in [2.75, 3.05) is 6.54 Å². The fourth-order valence-electron chi connectivity index (χ4n) is 3.51. The quantitative estimate of drug-likeness (QED) is 0.722. The molecule has 3 aromatic rings. The minimum atomic E-state index is -0.598. The lowest BCUT2D eigenvalue weighted by Crippen LogP contribution is -2.35. The van der Waals surface area contributed by atoms with Crippen molar-refractivity contribution in [3.63, 3.8) is 0 Å². The number of fused-ring (bicyclic) bond motifs is 1. The standard InChI is InChI=1S/C21H18ClF2N3O/c22-15-3-1-13(2-4-15)9-20-25-19-5-6-27(12-18(19)21(28)26-20)11-14-7-16(23)10-17(24)8-14/h1-4,7-8,10H,5-6,9,11-12H2,(H,25,26,28). The fraction of sp³-hybridized carbons (Fsp3) is 0.238. The highest BCUT2D eigenvalue weighted by Crippen LogP contribution is 2.19. The van der Waals surface area contributed by atoms with Gasteiger partial charge in [0.2, 0.25) is 0 Å². The molecule has 0 radical (unpaired) electrons. The predicted octanol–water partition coefficient (Wildman–Crippen LogP) is 3.85. The number of benzene rings is 2. The van der Waals surface area contributed by atoms with Crippen molar-refractivity contribution in [3.8, 4) is 0 Å². The van der Waals surface area contributed by atoms with E-state index in [1.165, 1.54) is 12.1 Å². The van der Waals surface area contributed by atoms with Crippen LogP contribution in [0.4, 0.5) is 8.78 Å². The molecule has 4 nitrogen and oxygen atoms in total. The van der Waals surface area contributed by atoms with Gasteiger partial charge in [0.15, 0.2) is 0 Å². The highest BCUT2D eigenvalue weighted by atomic mass is 35.5. The van der Waals surface area contributed by atoms with Crippen molar-refractivity contribution in [1.82, 2.24) is 14.9 Å². The summed E-state index contributed by atoms with van der Waals surface area (Å²) in [5.74, 6) is -0.579. The van der Waals surface area contributed by atoms with Gasteiger partial charge in [0, 0.05) is 43.6 Å². The van der Waals surface area contributed by atoms with Gasteiger partial charge in [0.1, 0.15) is 17.5 Å². The average Bonchev–Trinajstić information content (AvgIpc) is 2.63. The third kappa shape index (κ3) is 4.29. The third-order valence-corrected chi connectivity index (χ3v) is 5.06. The van der Waals surface area contributed by atoms with E-state index >= 15 is 0 Å². The van der Waals surface area contributed by atoms with Gasteiger partial charge < -0.3 is 4.98 Å². The number of nitrogens with zero attached hydrogens (tertiary/aromatic N) is 2. The summed E-state index contributed by atoms with van der Waals surface area (Å²) in [7, 11) is 0. The lowest BCUT2D eigenvalue weighted by Gasteiger charge is -2.27. The first kappa shape index (κ1) is 18.8. The van der Waals surface area contributed by atoms with E-state index in [1.807, 2.05) is 17.0 Å². The summed E-state index contributed by atoms with van der Waals surface area (Å²) in [5.41, 5.74) is 2.80. The first-order valence-corrected chi connectivity index (χ1v) is 9.37. The highest BCUT2D eigenvalue weighted by molar-refractivity contribution is 6.30. The molecule has 144 valence electrons. The van der Waals surface area contributed by atoms with E-state index in [0.29, 0.717) is 54.4 Å². The van der Waals surface area contributed by atoms with E-state index in [2.05, 4.69) is 9.97 Å². The molecule has 0 aliphatic carbocycles. The summed E-state index contributed by atoms with van der Waals surface area (Å²) < 4.78 is 26.8. The molecule has 28 heavy (non-hydrogen) atoms. The van der Waals surface area contributed by atoms with E-state index in [4.69, 9.17) is 11.6 Å². The summed E-state index contributed by atoms with van der Waals surface area (Å²) in [5, 5.41) is 0.661. The SMILES string of the molecule is O=c1[nH]c(Cc2ccc(Cl)cc2)nc2c1CN(Cc1cc(F)cc(F)c1)CC2. The van der Waals surface area contributed by atoms with Crippen molar-refractivity contribution < 1.29 is 8.78 Å². The van der Waals surface area contributed by atoms with Gasteiger partial charge >= 0.3 is 0 Å². The molecule has 1 aliphatic heterocycles. The van der Waals surface area contributed by atoms with E-state index in [-0.39, 0.29) is 5.56 Å². The number of rotatable bonds is 4. The Kier molecular flexibility index (Phi) is 5.24. The van der Waals surface area contributed by atoms with Gasteiger partial charge in [0.05, 0.1) is 11.3 Å². The Bertz CT molecular complexity index is 1050. The van der Waals surface area contributed by atoms with Gasteiger partial charge in [-0.05, 0) is 35.4 Å². The molecule has 2 heterocycles. The molecular formula is C21H18ClF2N3O. The predicted molar refractivity (Wildman–Crippen MR) is 103 cm³/mol. The summed E-state index contributed by atoms with van der Waals surface area (Å²) in [6, 6.07) is 10.9. The van der Waals surface area contributed by atoms with Gasteiger partial charge in [-0.25, -0.2) is 13.8 Å². The molecule has 0 amide bonds. The number of aromatic amines is 1. The summed E-state index contributed by atoms with van der Waals surface area (Å²) in [4.78, 5) is 22.0. The van der Waals surface area contributed by atoms with Crippen LogP contribution in [0.15, 0.2) is 47.3 Å². The van der Waals surface area contributed by atoms with Gasteiger partial charge in [-0.2, -0.15) is 0 Å². The van der Waals surface area contributed by atoms with Crippen LogP contribution in [0.2, 0.25) is 5.02 Å². The molecule has 2 aromatic carbocycles. The molecule has 1 aliphatic rings. The molecule has 0 fully saturated rings. The Hall–Kier alpha value is -2.57. The smallest absolute Gasteiger partial charge is 0.255 e. The van der Waals surface area contributed by atoms with Crippen LogP contribution in [0.25, 0.3) is 0 Å². The molecule has 0 bridgehead atoms. The number of H-pyrrole nitrogens is 1. The van der Waals surface area contributed by atoms with Crippen LogP contribution >= 0.6 is 11.6 Å². The van der Waals surface area contributed by atoms with Crippen LogP contribution in [-0.4, -0.2) is 21.4 Å². The molecule has 4 rings (SSSR count). The molecule has 0 saturated heterocycles. The van der Waals surface area contributed by atoms with Crippen LogP contribution in [-0.2, 0) is 25.9 Å². The van der Waals surface area contributed by atoms with Crippen molar-refractivity contribution in [2.24, 2.45) is 0 Å². The Morgan fingerprint density at radius 1 is 1.07 bits per heavy atom. The average molecular weight is 402 g/mol. The monoisotopic (exact) mass is 401 g/mol. The number of aromatic nitrogens is 2. The molecule has 0 saturated carbocycles. The third-order valence-electron chi connectivity index (χ3n) is 4.81. The lowest BCUT2D eigenvalue weighted by atomic mass is 10.1. The van der Waals surface area contributed by atoms with Crippen LogP contribution in [0.5, 0.6) is 0 Å². The molecular weight excluding hydrogens is 384 g/mol. The van der Waals surface area contributed by atoms with E-state index < -0.39 is 11.6 Å². The second kappa shape index (κ2) is 7.81. The summed E-state index contributed by atoms with van der Waals surface area (Å²) in [6.45, 7) is 1.44. The lowest BCUT2D eigenvalue weighted by molar-refractivity contribution is 0.241.